The number of hydrogen-bond donors (Lipinski definition) is 2. The molecule has 1 aromatic carbocycles. The monoisotopic (exact) mass is 306 g/mol. The van der Waals surface area contributed by atoms with Crippen LogP contribution in [0.15, 0.2) is 18.2 Å². The van der Waals surface area contributed by atoms with Gasteiger partial charge in [-0.3, -0.25) is 5.10 Å². The molecule has 2 heterocycles. The van der Waals surface area contributed by atoms with E-state index in [0.29, 0.717) is 6.04 Å². The average Bonchev–Trinajstić information content (AvgIpc) is 2.90. The quantitative estimate of drug-likeness (QED) is 0.880. The van der Waals surface area contributed by atoms with Gasteiger partial charge in [0.25, 0.3) is 0 Å². The highest BCUT2D eigenvalue weighted by Gasteiger charge is 2.16. The van der Waals surface area contributed by atoms with Crippen molar-refractivity contribution < 1.29 is 0 Å². The fourth-order valence-corrected chi connectivity index (χ4v) is 3.23. The first-order valence-electron chi connectivity index (χ1n) is 7.85. The maximum Gasteiger partial charge on any atom is 0.155 e. The zero-order valence-corrected chi connectivity index (χ0v) is 13.3. The van der Waals surface area contributed by atoms with Crippen LogP contribution < -0.4 is 5.32 Å². The molecule has 2 aromatic rings. The van der Waals surface area contributed by atoms with Crippen LogP contribution in [-0.4, -0.2) is 40.8 Å². The standard InChI is InChI=1S/C16H23ClN4/c1-12(21-9-3-2-4-10-21)7-8-18-16-14-11-13(17)5-6-15(14)19-20-16/h5-6,11-12H,2-4,7-10H2,1H3,(H2,18,19,20). The van der Waals surface area contributed by atoms with E-state index in [1.54, 1.807) is 0 Å². The van der Waals surface area contributed by atoms with Gasteiger partial charge in [-0.25, -0.2) is 0 Å². The summed E-state index contributed by atoms with van der Waals surface area (Å²) in [6, 6.07) is 6.43. The van der Waals surface area contributed by atoms with E-state index in [4.69, 9.17) is 11.6 Å². The Labute approximate surface area is 130 Å². The third-order valence-electron chi connectivity index (χ3n) is 4.39. The van der Waals surface area contributed by atoms with E-state index in [9.17, 15) is 0 Å². The number of benzene rings is 1. The third-order valence-corrected chi connectivity index (χ3v) is 4.63. The molecule has 3 rings (SSSR count). The molecular weight excluding hydrogens is 284 g/mol. The van der Waals surface area contributed by atoms with Gasteiger partial charge in [-0.1, -0.05) is 18.0 Å². The maximum atomic E-state index is 6.06. The van der Waals surface area contributed by atoms with Crippen molar-refractivity contribution in [2.75, 3.05) is 25.0 Å². The molecule has 114 valence electrons. The van der Waals surface area contributed by atoms with Gasteiger partial charge in [0.2, 0.25) is 0 Å². The molecule has 0 spiro atoms. The summed E-state index contributed by atoms with van der Waals surface area (Å²) >= 11 is 6.06. The van der Waals surface area contributed by atoms with E-state index in [1.807, 2.05) is 18.2 Å². The second-order valence-electron chi connectivity index (χ2n) is 5.92. The van der Waals surface area contributed by atoms with Crippen LogP contribution in [0.5, 0.6) is 0 Å². The second kappa shape index (κ2) is 6.67. The minimum Gasteiger partial charge on any atom is -0.368 e. The SMILES string of the molecule is CC(CCNc1n[nH]c2ccc(Cl)cc12)N1CCCCC1. The molecule has 1 aromatic heterocycles. The topological polar surface area (TPSA) is 44.0 Å². The Morgan fingerprint density at radius 1 is 1.33 bits per heavy atom. The number of fused-ring (bicyclic) bond motifs is 1. The fourth-order valence-electron chi connectivity index (χ4n) is 3.06. The summed E-state index contributed by atoms with van der Waals surface area (Å²) in [5, 5.41) is 12.6. The maximum absolute atomic E-state index is 6.06. The van der Waals surface area contributed by atoms with Crippen molar-refractivity contribution in [1.82, 2.24) is 15.1 Å². The number of H-pyrrole nitrogens is 1. The van der Waals surface area contributed by atoms with E-state index < -0.39 is 0 Å². The normalized spacial score (nSPS) is 18.0. The zero-order chi connectivity index (χ0) is 14.7. The second-order valence-corrected chi connectivity index (χ2v) is 6.36. The van der Waals surface area contributed by atoms with E-state index in [2.05, 4.69) is 27.3 Å². The first-order valence-corrected chi connectivity index (χ1v) is 8.23. The molecule has 0 saturated carbocycles. The van der Waals surface area contributed by atoms with Crippen molar-refractivity contribution in [3.05, 3.63) is 23.2 Å². The van der Waals surface area contributed by atoms with Gasteiger partial charge in [0.05, 0.1) is 5.52 Å². The lowest BCUT2D eigenvalue weighted by atomic mass is 10.1. The predicted octanol–water partition coefficient (Wildman–Crippen LogP) is 3.89. The molecule has 1 saturated heterocycles. The Hall–Kier alpha value is -1.26. The van der Waals surface area contributed by atoms with Gasteiger partial charge >= 0.3 is 0 Å². The smallest absolute Gasteiger partial charge is 0.155 e. The first-order chi connectivity index (χ1) is 10.2. The summed E-state index contributed by atoms with van der Waals surface area (Å²) < 4.78 is 0. The number of anilines is 1. The number of rotatable bonds is 5. The number of halogens is 1. The molecule has 1 fully saturated rings. The Bertz CT molecular complexity index is 589. The number of hydrogen-bond acceptors (Lipinski definition) is 3. The lowest BCUT2D eigenvalue weighted by Crippen LogP contribution is -2.38. The summed E-state index contributed by atoms with van der Waals surface area (Å²) in [4.78, 5) is 2.60. The fraction of sp³-hybridized carbons (Fsp3) is 0.562. The molecule has 0 amide bonds. The van der Waals surface area contributed by atoms with Crippen molar-refractivity contribution in [2.24, 2.45) is 0 Å². The largest absolute Gasteiger partial charge is 0.368 e. The highest BCUT2D eigenvalue weighted by molar-refractivity contribution is 6.31. The highest BCUT2D eigenvalue weighted by Crippen LogP contribution is 2.24. The highest BCUT2D eigenvalue weighted by atomic mass is 35.5. The molecule has 1 aliphatic rings. The molecule has 2 N–H and O–H groups in total. The van der Waals surface area contributed by atoms with E-state index in [-0.39, 0.29) is 0 Å². The Morgan fingerprint density at radius 3 is 2.95 bits per heavy atom. The van der Waals surface area contributed by atoms with Gasteiger partial charge in [-0.05, 0) is 57.5 Å². The third kappa shape index (κ3) is 3.50. The van der Waals surface area contributed by atoms with E-state index >= 15 is 0 Å². The molecule has 1 atom stereocenters. The molecule has 1 unspecified atom stereocenters. The van der Waals surface area contributed by atoms with Crippen molar-refractivity contribution in [2.45, 2.75) is 38.6 Å². The van der Waals surface area contributed by atoms with Crippen LogP contribution in [0.1, 0.15) is 32.6 Å². The Morgan fingerprint density at radius 2 is 2.14 bits per heavy atom. The number of nitrogens with one attached hydrogen (secondary N) is 2. The number of nitrogens with zero attached hydrogens (tertiary/aromatic N) is 2. The Kier molecular flexibility index (Phi) is 4.66. The van der Waals surface area contributed by atoms with Gasteiger partial charge < -0.3 is 10.2 Å². The van der Waals surface area contributed by atoms with Crippen molar-refractivity contribution in [3.63, 3.8) is 0 Å². The predicted molar refractivity (Wildman–Crippen MR) is 89.1 cm³/mol. The van der Waals surface area contributed by atoms with Crippen molar-refractivity contribution >= 4 is 28.3 Å². The van der Waals surface area contributed by atoms with Gasteiger partial charge in [0.1, 0.15) is 0 Å². The van der Waals surface area contributed by atoms with Crippen LogP contribution in [-0.2, 0) is 0 Å². The van der Waals surface area contributed by atoms with Gasteiger partial charge in [0, 0.05) is 23.0 Å². The van der Waals surface area contributed by atoms with Crippen LogP contribution >= 0.6 is 11.6 Å². The molecule has 21 heavy (non-hydrogen) atoms. The van der Waals surface area contributed by atoms with Crippen LogP contribution in [0.4, 0.5) is 5.82 Å². The van der Waals surface area contributed by atoms with E-state index in [1.165, 1.54) is 32.4 Å². The van der Waals surface area contributed by atoms with Gasteiger partial charge in [-0.2, -0.15) is 5.10 Å². The molecule has 1 aliphatic heterocycles. The summed E-state index contributed by atoms with van der Waals surface area (Å²) in [7, 11) is 0. The van der Waals surface area contributed by atoms with Crippen LogP contribution in [0.3, 0.4) is 0 Å². The summed E-state index contributed by atoms with van der Waals surface area (Å²) in [6.07, 6.45) is 5.22. The minimum absolute atomic E-state index is 0.631. The molecule has 0 bridgehead atoms. The number of piperidine rings is 1. The summed E-state index contributed by atoms with van der Waals surface area (Å²) in [6.45, 7) is 5.76. The van der Waals surface area contributed by atoms with E-state index in [0.717, 1.165) is 34.7 Å². The number of aromatic amines is 1. The van der Waals surface area contributed by atoms with Crippen molar-refractivity contribution in [1.29, 1.82) is 0 Å². The molecule has 0 aliphatic carbocycles. The summed E-state index contributed by atoms with van der Waals surface area (Å²) in [5.74, 6) is 0.901. The van der Waals surface area contributed by atoms with Gasteiger partial charge in [0.15, 0.2) is 5.82 Å². The van der Waals surface area contributed by atoms with Crippen LogP contribution in [0.2, 0.25) is 5.02 Å². The molecule has 0 radical (unpaired) electrons. The van der Waals surface area contributed by atoms with Crippen LogP contribution in [0, 0.1) is 0 Å². The first kappa shape index (κ1) is 14.7. The minimum atomic E-state index is 0.631. The lowest BCUT2D eigenvalue weighted by Gasteiger charge is -2.32. The Balaban J connectivity index is 1.55. The summed E-state index contributed by atoms with van der Waals surface area (Å²) in [5.41, 5.74) is 1.02. The number of aromatic nitrogens is 2. The molecular formula is C16H23ClN4. The zero-order valence-electron chi connectivity index (χ0n) is 12.5. The van der Waals surface area contributed by atoms with Crippen molar-refractivity contribution in [3.8, 4) is 0 Å². The van der Waals surface area contributed by atoms with Gasteiger partial charge in [-0.15, -0.1) is 0 Å². The number of likely N-dealkylation sites (tertiary alicyclic amines) is 1. The average molecular weight is 307 g/mol. The van der Waals surface area contributed by atoms with Crippen LogP contribution in [0.25, 0.3) is 10.9 Å². The lowest BCUT2D eigenvalue weighted by molar-refractivity contribution is 0.169. The molecule has 4 nitrogen and oxygen atoms in total. The molecule has 5 heteroatoms.